The third-order valence-corrected chi connectivity index (χ3v) is 12.4. The number of hydrogen-bond donors (Lipinski definition) is 0. The quantitative estimate of drug-likeness (QED) is 0.170. The van der Waals surface area contributed by atoms with Crippen LogP contribution in [0.4, 0.5) is 0 Å². The lowest BCUT2D eigenvalue weighted by Gasteiger charge is -2.21. The van der Waals surface area contributed by atoms with Crippen LogP contribution < -0.4 is 10.3 Å². The fourth-order valence-corrected chi connectivity index (χ4v) is 10.0. The third-order valence-electron chi connectivity index (χ3n) is 11.4. The van der Waals surface area contributed by atoms with E-state index in [1.807, 2.05) is 34.8 Å². The number of allylic oxidation sites excluding steroid dienone is 2. The van der Waals surface area contributed by atoms with Crippen LogP contribution in [-0.4, -0.2) is 20.7 Å². The van der Waals surface area contributed by atoms with E-state index in [1.54, 1.807) is 0 Å². The molecule has 0 amide bonds. The van der Waals surface area contributed by atoms with Gasteiger partial charge in [-0.3, -0.25) is 4.79 Å². The smallest absolute Gasteiger partial charge is 0.300 e. The molecule has 8 aromatic carbocycles. The van der Waals surface area contributed by atoms with Gasteiger partial charge in [0.1, 0.15) is 11.9 Å². The number of nitrogens with zero attached hydrogens (tertiary/aromatic N) is 3. The molecule has 1 aliphatic carbocycles. The standard InChI is InChI=1S/C49H29N3O2S/c53-48-46(28-11-2-1-3-12-28)51-52-47-38-18-9-8-17-35(38)40(27-44(47)55-49(52)50-48)37-19-10-20-43-45(37)41-26-30(22-24-42(41)54-43)29-21-23-36-33-15-5-4-13-31(33)32-14-6-7-16-34(32)39(36)25-29/h1-27,41-42H. The van der Waals surface area contributed by atoms with E-state index in [0.29, 0.717) is 10.7 Å². The zero-order valence-electron chi connectivity index (χ0n) is 29.3. The maximum absolute atomic E-state index is 13.2. The minimum absolute atomic E-state index is 0.0290. The predicted octanol–water partition coefficient (Wildman–Crippen LogP) is 11.7. The maximum atomic E-state index is 13.2. The van der Waals surface area contributed by atoms with E-state index < -0.39 is 0 Å². The highest BCUT2D eigenvalue weighted by atomic mass is 32.1. The lowest BCUT2D eigenvalue weighted by molar-refractivity contribution is 0.269. The zero-order chi connectivity index (χ0) is 36.2. The summed E-state index contributed by atoms with van der Waals surface area (Å²) in [5.74, 6) is 0.939. The van der Waals surface area contributed by atoms with Crippen molar-refractivity contribution in [3.8, 4) is 28.1 Å². The van der Waals surface area contributed by atoms with Crippen molar-refractivity contribution in [3.05, 3.63) is 185 Å². The predicted molar refractivity (Wildman–Crippen MR) is 226 cm³/mol. The average Bonchev–Trinajstić information content (AvgIpc) is 3.80. The molecule has 0 saturated carbocycles. The van der Waals surface area contributed by atoms with Gasteiger partial charge >= 0.3 is 5.56 Å². The Kier molecular flexibility index (Phi) is 6.42. The molecule has 12 rings (SSSR count). The third kappa shape index (κ3) is 4.49. The summed E-state index contributed by atoms with van der Waals surface area (Å²) >= 11 is 1.49. The van der Waals surface area contributed by atoms with Crippen molar-refractivity contribution in [2.45, 2.75) is 12.0 Å². The summed E-state index contributed by atoms with van der Waals surface area (Å²) in [5.41, 5.74) is 7.55. The molecular formula is C49H29N3O2S. The molecular weight excluding hydrogens is 695 g/mol. The van der Waals surface area contributed by atoms with Gasteiger partial charge in [-0.05, 0) is 84.2 Å². The fraction of sp³-hybridized carbons (Fsp3) is 0.0408. The van der Waals surface area contributed by atoms with Crippen molar-refractivity contribution in [3.63, 3.8) is 0 Å². The molecule has 2 aromatic heterocycles. The van der Waals surface area contributed by atoms with Crippen LogP contribution in [-0.2, 0) is 0 Å². The number of rotatable bonds is 3. The Bertz CT molecular complexity index is 3360. The Labute approximate surface area is 318 Å². The fourth-order valence-electron chi connectivity index (χ4n) is 8.99. The number of ether oxygens (including phenoxy) is 1. The van der Waals surface area contributed by atoms with Crippen molar-refractivity contribution < 1.29 is 4.74 Å². The number of thiazole rings is 1. The van der Waals surface area contributed by atoms with Crippen LogP contribution in [0.5, 0.6) is 5.75 Å². The Balaban J connectivity index is 1.03. The number of benzene rings is 8. The van der Waals surface area contributed by atoms with Gasteiger partial charge in [-0.25, -0.2) is 4.52 Å². The Morgan fingerprint density at radius 1 is 0.600 bits per heavy atom. The molecule has 2 atom stereocenters. The van der Waals surface area contributed by atoms with Crippen LogP contribution in [0.15, 0.2) is 169 Å². The largest absolute Gasteiger partial charge is 0.485 e. The molecule has 0 bridgehead atoms. The maximum Gasteiger partial charge on any atom is 0.300 e. The van der Waals surface area contributed by atoms with Gasteiger partial charge in [-0.2, -0.15) is 10.1 Å². The van der Waals surface area contributed by atoms with Gasteiger partial charge in [-0.15, -0.1) is 0 Å². The Morgan fingerprint density at radius 2 is 1.27 bits per heavy atom. The van der Waals surface area contributed by atoms with Gasteiger partial charge in [-0.1, -0.05) is 151 Å². The van der Waals surface area contributed by atoms with Crippen LogP contribution >= 0.6 is 11.3 Å². The Morgan fingerprint density at radius 3 is 2.04 bits per heavy atom. The van der Waals surface area contributed by atoms with Crippen LogP contribution in [0, 0.1) is 0 Å². The van der Waals surface area contributed by atoms with Gasteiger partial charge in [0.05, 0.1) is 10.2 Å². The summed E-state index contributed by atoms with van der Waals surface area (Å²) in [6.45, 7) is 0. The summed E-state index contributed by atoms with van der Waals surface area (Å²) in [6.07, 6.45) is 6.75. The van der Waals surface area contributed by atoms with Crippen molar-refractivity contribution in [2.24, 2.45) is 0 Å². The van der Waals surface area contributed by atoms with Crippen molar-refractivity contribution in [2.75, 3.05) is 0 Å². The van der Waals surface area contributed by atoms with E-state index >= 15 is 0 Å². The first kappa shape index (κ1) is 30.6. The normalized spacial score (nSPS) is 16.3. The summed E-state index contributed by atoms with van der Waals surface area (Å²) in [5, 5.41) is 14.7. The highest BCUT2D eigenvalue weighted by Gasteiger charge is 2.36. The van der Waals surface area contributed by atoms with Crippen LogP contribution in [0.2, 0.25) is 0 Å². The van der Waals surface area contributed by atoms with Crippen molar-refractivity contribution in [1.29, 1.82) is 0 Å². The topological polar surface area (TPSA) is 56.5 Å². The van der Waals surface area contributed by atoms with Crippen molar-refractivity contribution >= 4 is 75.2 Å². The number of fused-ring (bicyclic) bond motifs is 14. The molecule has 0 N–H and O–H groups in total. The highest BCUT2D eigenvalue weighted by molar-refractivity contribution is 7.23. The molecule has 0 radical (unpaired) electrons. The molecule has 3 heterocycles. The second-order valence-electron chi connectivity index (χ2n) is 14.4. The molecule has 10 aromatic rings. The molecule has 6 heteroatoms. The molecule has 2 unspecified atom stereocenters. The van der Waals surface area contributed by atoms with E-state index in [2.05, 4.69) is 138 Å². The van der Waals surface area contributed by atoms with Gasteiger partial charge < -0.3 is 4.74 Å². The molecule has 2 aliphatic rings. The summed E-state index contributed by atoms with van der Waals surface area (Å²) in [6, 6.07) is 51.1. The zero-order valence-corrected chi connectivity index (χ0v) is 30.1. The monoisotopic (exact) mass is 723 g/mol. The second kappa shape index (κ2) is 11.6. The first-order chi connectivity index (χ1) is 27.2. The van der Waals surface area contributed by atoms with E-state index in [-0.39, 0.29) is 17.6 Å². The highest BCUT2D eigenvalue weighted by Crippen LogP contribution is 2.50. The van der Waals surface area contributed by atoms with Gasteiger partial charge in [0.15, 0.2) is 5.69 Å². The van der Waals surface area contributed by atoms with Crippen molar-refractivity contribution in [1.82, 2.24) is 14.6 Å². The molecule has 1 aliphatic heterocycles. The summed E-state index contributed by atoms with van der Waals surface area (Å²) in [4.78, 5) is 18.3. The minimum atomic E-state index is -0.327. The summed E-state index contributed by atoms with van der Waals surface area (Å²) < 4.78 is 9.53. The van der Waals surface area contributed by atoms with Gasteiger partial charge in [0.2, 0.25) is 4.96 Å². The first-order valence-corrected chi connectivity index (χ1v) is 19.3. The molecule has 55 heavy (non-hydrogen) atoms. The van der Waals surface area contributed by atoms with Gasteiger partial charge in [0, 0.05) is 22.4 Å². The number of aromatic nitrogens is 3. The second-order valence-corrected chi connectivity index (χ2v) is 15.4. The lowest BCUT2D eigenvalue weighted by atomic mass is 9.82. The molecule has 0 saturated heterocycles. The van der Waals surface area contributed by atoms with Crippen LogP contribution in [0.1, 0.15) is 17.0 Å². The van der Waals surface area contributed by atoms with E-state index in [0.717, 1.165) is 43.4 Å². The molecule has 0 fully saturated rings. The van der Waals surface area contributed by atoms with E-state index in [9.17, 15) is 4.79 Å². The summed E-state index contributed by atoms with van der Waals surface area (Å²) in [7, 11) is 0. The first-order valence-electron chi connectivity index (χ1n) is 18.5. The van der Waals surface area contributed by atoms with Crippen LogP contribution in [0.3, 0.4) is 0 Å². The minimum Gasteiger partial charge on any atom is -0.485 e. The van der Waals surface area contributed by atoms with Gasteiger partial charge in [0.25, 0.3) is 0 Å². The molecule has 258 valence electrons. The van der Waals surface area contributed by atoms with E-state index in [4.69, 9.17) is 9.84 Å². The average molecular weight is 724 g/mol. The Hall–Kier alpha value is -6.89. The van der Waals surface area contributed by atoms with Crippen LogP contribution in [0.25, 0.3) is 86.2 Å². The van der Waals surface area contributed by atoms with E-state index in [1.165, 1.54) is 60.4 Å². The number of hydrogen-bond acceptors (Lipinski definition) is 5. The molecule has 5 nitrogen and oxygen atoms in total. The SMILES string of the molecule is O=c1nc2sc3cc(-c4cccc5c4C4C=C(c6ccc7c8ccccc8c8ccccc8c7c6)C=CC4O5)c4ccccc4c3n2nc1-c1ccccc1. The lowest BCUT2D eigenvalue weighted by Crippen LogP contribution is -2.17. The molecule has 0 spiro atoms.